The minimum Gasteiger partial charge on any atom is -0.379 e. The quantitative estimate of drug-likeness (QED) is 0.0935. The first-order valence-corrected chi connectivity index (χ1v) is 17.9. The molecule has 272 valence electrons. The van der Waals surface area contributed by atoms with Gasteiger partial charge in [-0.1, -0.05) is 133 Å². The van der Waals surface area contributed by atoms with Gasteiger partial charge in [0.15, 0.2) is 0 Å². The number of rotatable bonds is 12. The van der Waals surface area contributed by atoms with E-state index in [4.69, 9.17) is 14.0 Å². The van der Waals surface area contributed by atoms with E-state index in [9.17, 15) is 19.2 Å². The normalized spacial score (nSPS) is 15.0. The maximum absolute atomic E-state index is 14.2. The van der Waals surface area contributed by atoms with Crippen molar-refractivity contribution in [3.63, 3.8) is 0 Å². The molecule has 0 unspecified atom stereocenters. The molecule has 0 radical (unpaired) electrons. The second kappa shape index (κ2) is 17.6. The van der Waals surface area contributed by atoms with Crippen LogP contribution in [0.25, 0.3) is 0 Å². The van der Waals surface area contributed by atoms with E-state index in [0.717, 1.165) is 20.9 Å². The Labute approximate surface area is 319 Å². The lowest BCUT2D eigenvalue weighted by Crippen LogP contribution is -2.51. The maximum Gasteiger partial charge on any atom is 0.640 e. The minimum atomic E-state index is -1.32. The van der Waals surface area contributed by atoms with E-state index in [2.05, 4.69) is 0 Å². The van der Waals surface area contributed by atoms with E-state index in [0.29, 0.717) is 0 Å². The lowest BCUT2D eigenvalue weighted by Gasteiger charge is -2.31. The van der Waals surface area contributed by atoms with E-state index in [1.165, 1.54) is 0 Å². The molecule has 4 amide bonds. The summed E-state index contributed by atoms with van der Waals surface area (Å²) in [7, 11) is -1.32. The molecule has 1 fully saturated rings. The molecule has 1 saturated heterocycles. The molecular formula is C45H37BN2O7. The van der Waals surface area contributed by atoms with Crippen LogP contribution in [0.4, 0.5) is 0 Å². The predicted molar refractivity (Wildman–Crippen MR) is 208 cm³/mol. The molecule has 55 heavy (non-hydrogen) atoms. The van der Waals surface area contributed by atoms with Crippen molar-refractivity contribution in [2.75, 3.05) is 13.1 Å². The molecule has 1 aliphatic heterocycles. The predicted octanol–water partition coefficient (Wildman–Crippen LogP) is 7.85. The standard InChI is InChI=1S/C45H37BN2O7/c49-42(35-23-11-3-12-24-35)47(43(50)36-25-13-4-14-26-36)31-39(32-48(44(51)37-27-15-5-16-28-37)45(52)38-29-17-6-18-30-38)53-46-54-40(33-19-7-1-8-20-33)41(55-46)34-21-9-2-10-22-34/h1-30,39-41H,31-32H2/t40-,41-/m1/s1. The highest BCUT2D eigenvalue weighted by molar-refractivity contribution is 6.37. The van der Waals surface area contributed by atoms with Gasteiger partial charge < -0.3 is 14.0 Å². The van der Waals surface area contributed by atoms with Crippen molar-refractivity contribution in [1.82, 2.24) is 9.80 Å². The fourth-order valence-electron chi connectivity index (χ4n) is 6.44. The zero-order chi connectivity index (χ0) is 38.0. The Bertz CT molecular complexity index is 1940. The van der Waals surface area contributed by atoms with Crippen molar-refractivity contribution in [2.45, 2.75) is 18.3 Å². The summed E-state index contributed by atoms with van der Waals surface area (Å²) in [5.41, 5.74) is 2.77. The Hall–Kier alpha value is -6.46. The van der Waals surface area contributed by atoms with E-state index in [1.807, 2.05) is 60.7 Å². The monoisotopic (exact) mass is 728 g/mol. The van der Waals surface area contributed by atoms with Gasteiger partial charge in [-0.2, -0.15) is 0 Å². The summed E-state index contributed by atoms with van der Waals surface area (Å²) in [6, 6.07) is 52.8. The number of imide groups is 2. The Morgan fingerprint density at radius 2 is 0.691 bits per heavy atom. The van der Waals surface area contributed by atoms with Crippen LogP contribution in [-0.4, -0.2) is 59.9 Å². The van der Waals surface area contributed by atoms with Crippen LogP contribution in [0.15, 0.2) is 182 Å². The highest BCUT2D eigenvalue weighted by atomic mass is 16.8. The number of carbonyl (C=O) groups is 4. The lowest BCUT2D eigenvalue weighted by atomic mass is 9.99. The SMILES string of the molecule is O=C(c1ccccc1)N(CC(CN(C(=O)c1ccccc1)C(=O)c1ccccc1)OB1O[C@H](c2ccccc2)[C@@H](c2ccccc2)O1)C(=O)c1ccccc1. The molecule has 0 spiro atoms. The highest BCUT2D eigenvalue weighted by Gasteiger charge is 2.46. The van der Waals surface area contributed by atoms with Crippen molar-refractivity contribution in [1.29, 1.82) is 0 Å². The van der Waals surface area contributed by atoms with Gasteiger partial charge in [0.05, 0.1) is 31.4 Å². The van der Waals surface area contributed by atoms with Gasteiger partial charge in [0.2, 0.25) is 0 Å². The van der Waals surface area contributed by atoms with Crippen LogP contribution in [0.3, 0.4) is 0 Å². The fourth-order valence-corrected chi connectivity index (χ4v) is 6.44. The highest BCUT2D eigenvalue weighted by Crippen LogP contribution is 2.42. The van der Waals surface area contributed by atoms with E-state index in [-0.39, 0.29) is 35.3 Å². The molecule has 0 N–H and O–H groups in total. The number of nitrogens with zero attached hydrogens (tertiary/aromatic N) is 2. The number of hydrogen-bond donors (Lipinski definition) is 0. The summed E-state index contributed by atoms with van der Waals surface area (Å²) in [6.07, 6.45) is -2.36. The summed E-state index contributed by atoms with van der Waals surface area (Å²) < 4.78 is 19.5. The van der Waals surface area contributed by atoms with Crippen LogP contribution in [0.5, 0.6) is 0 Å². The first-order chi connectivity index (χ1) is 27.0. The van der Waals surface area contributed by atoms with E-state index >= 15 is 0 Å². The Morgan fingerprint density at radius 3 is 0.964 bits per heavy atom. The zero-order valence-electron chi connectivity index (χ0n) is 29.8. The Balaban J connectivity index is 1.28. The van der Waals surface area contributed by atoms with Gasteiger partial charge >= 0.3 is 7.32 Å². The number of amides is 4. The van der Waals surface area contributed by atoms with Crippen LogP contribution in [0.2, 0.25) is 0 Å². The van der Waals surface area contributed by atoms with Crippen molar-refractivity contribution in [3.05, 3.63) is 215 Å². The molecule has 1 heterocycles. The third-order valence-corrected chi connectivity index (χ3v) is 9.19. The molecule has 2 atom stereocenters. The van der Waals surface area contributed by atoms with Crippen molar-refractivity contribution in [2.24, 2.45) is 0 Å². The molecule has 0 aliphatic carbocycles. The summed E-state index contributed by atoms with van der Waals surface area (Å²) in [4.78, 5) is 59.1. The smallest absolute Gasteiger partial charge is 0.379 e. The van der Waals surface area contributed by atoms with Gasteiger partial charge in [0, 0.05) is 22.3 Å². The third kappa shape index (κ3) is 8.85. The van der Waals surface area contributed by atoms with E-state index in [1.54, 1.807) is 121 Å². The molecule has 0 bridgehead atoms. The van der Waals surface area contributed by atoms with Crippen LogP contribution in [0, 0.1) is 0 Å². The molecule has 6 aromatic carbocycles. The Kier molecular flexibility index (Phi) is 11.8. The summed E-state index contributed by atoms with van der Waals surface area (Å²) in [5, 5.41) is 0. The summed E-state index contributed by atoms with van der Waals surface area (Å²) >= 11 is 0. The average Bonchev–Trinajstić information content (AvgIpc) is 3.69. The molecule has 0 aromatic heterocycles. The minimum absolute atomic E-state index is 0.268. The first kappa shape index (κ1) is 36.9. The van der Waals surface area contributed by atoms with Gasteiger partial charge in [0.25, 0.3) is 23.6 Å². The zero-order valence-corrected chi connectivity index (χ0v) is 29.8. The van der Waals surface area contributed by atoms with Gasteiger partial charge in [0.1, 0.15) is 0 Å². The summed E-state index contributed by atoms with van der Waals surface area (Å²) in [6.45, 7) is -0.728. The molecule has 6 aromatic rings. The average molecular weight is 729 g/mol. The van der Waals surface area contributed by atoms with Crippen LogP contribution >= 0.6 is 0 Å². The van der Waals surface area contributed by atoms with Crippen molar-refractivity contribution < 1.29 is 33.1 Å². The van der Waals surface area contributed by atoms with Crippen LogP contribution in [-0.2, 0) is 14.0 Å². The van der Waals surface area contributed by atoms with Crippen LogP contribution < -0.4 is 0 Å². The molecule has 1 aliphatic rings. The fraction of sp³-hybridized carbons (Fsp3) is 0.111. The van der Waals surface area contributed by atoms with Crippen molar-refractivity contribution in [3.8, 4) is 0 Å². The van der Waals surface area contributed by atoms with Gasteiger partial charge in [-0.25, -0.2) is 0 Å². The first-order valence-electron chi connectivity index (χ1n) is 17.9. The number of carbonyl (C=O) groups excluding carboxylic acids is 4. The maximum atomic E-state index is 14.2. The van der Waals surface area contributed by atoms with Crippen LogP contribution in [0.1, 0.15) is 64.8 Å². The number of benzene rings is 6. The summed E-state index contributed by atoms with van der Waals surface area (Å²) in [5.74, 6) is -2.35. The van der Waals surface area contributed by atoms with Gasteiger partial charge in [-0.3, -0.25) is 29.0 Å². The molecular weight excluding hydrogens is 691 g/mol. The lowest BCUT2D eigenvalue weighted by molar-refractivity contribution is 0.0314. The topological polar surface area (TPSA) is 102 Å². The van der Waals surface area contributed by atoms with Crippen molar-refractivity contribution >= 4 is 30.9 Å². The molecule has 0 saturated carbocycles. The second-order valence-corrected chi connectivity index (χ2v) is 12.9. The third-order valence-electron chi connectivity index (χ3n) is 9.19. The van der Waals surface area contributed by atoms with Gasteiger partial charge in [-0.15, -0.1) is 0 Å². The largest absolute Gasteiger partial charge is 0.640 e. The molecule has 9 nitrogen and oxygen atoms in total. The Morgan fingerprint density at radius 1 is 0.436 bits per heavy atom. The van der Waals surface area contributed by atoms with Gasteiger partial charge in [-0.05, 0) is 59.7 Å². The second-order valence-electron chi connectivity index (χ2n) is 12.9. The number of hydrogen-bond acceptors (Lipinski definition) is 7. The molecule has 10 heteroatoms. The molecule has 7 rings (SSSR count). The van der Waals surface area contributed by atoms with E-state index < -0.39 is 49.3 Å².